The molecule has 3 rings (SSSR count). The number of amides is 1. The molecular weight excluding hydrogens is 300 g/mol. The minimum absolute atomic E-state index is 0.0351. The molecular formula is C16H22N2O3S. The number of hydrogen-bond acceptors (Lipinski definition) is 3. The second-order valence-corrected chi connectivity index (χ2v) is 8.13. The molecule has 6 heteroatoms. The molecule has 3 atom stereocenters. The third-order valence-electron chi connectivity index (χ3n) is 4.72. The molecule has 1 aromatic carbocycles. The van der Waals surface area contributed by atoms with E-state index in [1.54, 1.807) is 0 Å². The van der Waals surface area contributed by atoms with Crippen LogP contribution >= 0.6 is 0 Å². The lowest BCUT2D eigenvalue weighted by Gasteiger charge is -2.09. The molecule has 2 N–H and O–H groups in total. The fourth-order valence-corrected chi connectivity index (χ4v) is 4.40. The van der Waals surface area contributed by atoms with E-state index in [-0.39, 0.29) is 30.7 Å². The average molecular weight is 322 g/mol. The number of hydrogen-bond donors (Lipinski definition) is 2. The van der Waals surface area contributed by atoms with E-state index in [1.807, 2.05) is 30.3 Å². The van der Waals surface area contributed by atoms with Gasteiger partial charge in [0.05, 0.1) is 5.75 Å². The van der Waals surface area contributed by atoms with E-state index in [1.165, 1.54) is 6.42 Å². The number of carbonyl (C=O) groups is 1. The molecule has 0 spiro atoms. The molecule has 0 aromatic heterocycles. The molecule has 0 bridgehead atoms. The molecule has 22 heavy (non-hydrogen) atoms. The summed E-state index contributed by atoms with van der Waals surface area (Å²) >= 11 is 0. The van der Waals surface area contributed by atoms with E-state index in [2.05, 4.69) is 10.0 Å². The first kappa shape index (κ1) is 15.5. The van der Waals surface area contributed by atoms with Gasteiger partial charge in [-0.2, -0.15) is 0 Å². The van der Waals surface area contributed by atoms with E-state index < -0.39 is 10.0 Å². The standard InChI is InChI=1S/C16H22N2O3S/c19-16(15-13-7-4-8-14(13)15)17-9-10-22(20,21)18-11-12-5-2-1-3-6-12/h1-3,5-6,13-15,18H,4,7-11H2,(H,17,19)/t13-,14+,15?. The summed E-state index contributed by atoms with van der Waals surface area (Å²) < 4.78 is 26.4. The van der Waals surface area contributed by atoms with Gasteiger partial charge in [0, 0.05) is 19.0 Å². The van der Waals surface area contributed by atoms with Crippen LogP contribution in [0.3, 0.4) is 0 Å². The van der Waals surface area contributed by atoms with Crippen LogP contribution in [0.1, 0.15) is 24.8 Å². The lowest BCUT2D eigenvalue weighted by molar-refractivity contribution is -0.122. The molecule has 0 radical (unpaired) electrons. The highest BCUT2D eigenvalue weighted by Crippen LogP contribution is 2.57. The molecule has 5 nitrogen and oxygen atoms in total. The molecule has 2 fully saturated rings. The third kappa shape index (κ3) is 3.67. The van der Waals surface area contributed by atoms with Crippen LogP contribution in [-0.2, 0) is 21.4 Å². The van der Waals surface area contributed by atoms with Crippen molar-refractivity contribution in [1.29, 1.82) is 0 Å². The highest BCUT2D eigenvalue weighted by atomic mass is 32.2. The highest BCUT2D eigenvalue weighted by molar-refractivity contribution is 7.89. The van der Waals surface area contributed by atoms with Gasteiger partial charge in [-0.3, -0.25) is 4.79 Å². The number of sulfonamides is 1. The molecule has 1 amide bonds. The van der Waals surface area contributed by atoms with Crippen molar-refractivity contribution in [3.63, 3.8) is 0 Å². The van der Waals surface area contributed by atoms with Crippen LogP contribution in [0.4, 0.5) is 0 Å². The first-order valence-corrected chi connectivity index (χ1v) is 9.51. The van der Waals surface area contributed by atoms with Crippen LogP contribution in [0.5, 0.6) is 0 Å². The quantitative estimate of drug-likeness (QED) is 0.794. The van der Waals surface area contributed by atoms with Crippen molar-refractivity contribution in [2.24, 2.45) is 17.8 Å². The Hall–Kier alpha value is -1.40. The van der Waals surface area contributed by atoms with Crippen molar-refractivity contribution in [3.8, 4) is 0 Å². The van der Waals surface area contributed by atoms with E-state index in [4.69, 9.17) is 0 Å². The Balaban J connectivity index is 1.38. The van der Waals surface area contributed by atoms with Gasteiger partial charge in [0.1, 0.15) is 0 Å². The van der Waals surface area contributed by atoms with Crippen LogP contribution in [-0.4, -0.2) is 26.6 Å². The third-order valence-corrected chi connectivity index (χ3v) is 6.04. The number of rotatable bonds is 7. The van der Waals surface area contributed by atoms with Crippen molar-refractivity contribution >= 4 is 15.9 Å². The summed E-state index contributed by atoms with van der Waals surface area (Å²) in [6.07, 6.45) is 3.54. The molecule has 2 aliphatic rings. The van der Waals surface area contributed by atoms with Crippen LogP contribution in [0.25, 0.3) is 0 Å². The number of nitrogens with one attached hydrogen (secondary N) is 2. The zero-order chi connectivity index (χ0) is 15.6. The Morgan fingerprint density at radius 3 is 2.50 bits per heavy atom. The van der Waals surface area contributed by atoms with Gasteiger partial charge in [-0.05, 0) is 30.2 Å². The Morgan fingerprint density at radius 2 is 1.82 bits per heavy atom. The lowest BCUT2D eigenvalue weighted by atomic mass is 10.1. The Kier molecular flexibility index (Phi) is 4.49. The highest BCUT2D eigenvalue weighted by Gasteiger charge is 2.56. The maximum absolute atomic E-state index is 12.0. The van der Waals surface area contributed by atoms with Crippen LogP contribution in [0, 0.1) is 17.8 Å². The van der Waals surface area contributed by atoms with Gasteiger partial charge >= 0.3 is 0 Å². The molecule has 2 saturated carbocycles. The van der Waals surface area contributed by atoms with Crippen LogP contribution in [0.15, 0.2) is 30.3 Å². The van der Waals surface area contributed by atoms with Gasteiger partial charge < -0.3 is 5.32 Å². The maximum atomic E-state index is 12.0. The SMILES string of the molecule is O=C(NCCS(=O)(=O)NCc1ccccc1)C1[C@H]2CCC[C@@H]12. The summed E-state index contributed by atoms with van der Waals surface area (Å²) in [6.45, 7) is 0.461. The smallest absolute Gasteiger partial charge is 0.223 e. The fourth-order valence-electron chi connectivity index (χ4n) is 3.50. The van der Waals surface area contributed by atoms with E-state index >= 15 is 0 Å². The molecule has 2 aliphatic carbocycles. The van der Waals surface area contributed by atoms with Crippen molar-refractivity contribution in [2.75, 3.05) is 12.3 Å². The largest absolute Gasteiger partial charge is 0.355 e. The first-order chi connectivity index (χ1) is 10.6. The van der Waals surface area contributed by atoms with Crippen LogP contribution in [0.2, 0.25) is 0 Å². The van der Waals surface area contributed by atoms with E-state index in [0.717, 1.165) is 18.4 Å². The lowest BCUT2D eigenvalue weighted by Crippen LogP contribution is -2.35. The number of benzene rings is 1. The molecule has 1 aromatic rings. The van der Waals surface area contributed by atoms with Crippen LogP contribution < -0.4 is 10.0 Å². The summed E-state index contributed by atoms with van der Waals surface area (Å²) in [7, 11) is -3.36. The second kappa shape index (κ2) is 6.38. The average Bonchev–Trinajstić information content (AvgIpc) is 2.99. The maximum Gasteiger partial charge on any atom is 0.223 e. The summed E-state index contributed by atoms with van der Waals surface area (Å²) in [5.74, 6) is 1.23. The van der Waals surface area contributed by atoms with Crippen molar-refractivity contribution in [3.05, 3.63) is 35.9 Å². The molecule has 120 valence electrons. The molecule has 0 heterocycles. The number of fused-ring (bicyclic) bond motifs is 1. The number of carbonyl (C=O) groups excluding carboxylic acids is 1. The predicted octanol–water partition coefficient (Wildman–Crippen LogP) is 1.27. The predicted molar refractivity (Wildman–Crippen MR) is 84.4 cm³/mol. The molecule has 0 aliphatic heterocycles. The van der Waals surface area contributed by atoms with Crippen molar-refractivity contribution in [2.45, 2.75) is 25.8 Å². The topological polar surface area (TPSA) is 75.3 Å². The zero-order valence-electron chi connectivity index (χ0n) is 12.5. The normalized spacial score (nSPS) is 26.5. The van der Waals surface area contributed by atoms with Gasteiger partial charge in [0.2, 0.25) is 15.9 Å². The summed E-state index contributed by atoms with van der Waals surface area (Å²) in [5, 5.41) is 2.77. The van der Waals surface area contributed by atoms with E-state index in [9.17, 15) is 13.2 Å². The van der Waals surface area contributed by atoms with Crippen molar-refractivity contribution in [1.82, 2.24) is 10.0 Å². The van der Waals surface area contributed by atoms with Gasteiger partial charge in [-0.1, -0.05) is 36.8 Å². The minimum atomic E-state index is -3.36. The minimum Gasteiger partial charge on any atom is -0.355 e. The van der Waals surface area contributed by atoms with Gasteiger partial charge in [0.15, 0.2) is 0 Å². The summed E-state index contributed by atoms with van der Waals surface area (Å²) in [5.41, 5.74) is 0.918. The van der Waals surface area contributed by atoms with E-state index in [0.29, 0.717) is 11.8 Å². The zero-order valence-corrected chi connectivity index (χ0v) is 13.3. The summed E-state index contributed by atoms with van der Waals surface area (Å²) in [4.78, 5) is 12.0. The fraction of sp³-hybridized carbons (Fsp3) is 0.562. The van der Waals surface area contributed by atoms with Gasteiger partial charge in [-0.15, -0.1) is 0 Å². The van der Waals surface area contributed by atoms with Gasteiger partial charge in [-0.25, -0.2) is 13.1 Å². The van der Waals surface area contributed by atoms with Crippen molar-refractivity contribution < 1.29 is 13.2 Å². The van der Waals surface area contributed by atoms with Gasteiger partial charge in [0.25, 0.3) is 0 Å². The Labute approximate surface area is 131 Å². The second-order valence-electron chi connectivity index (χ2n) is 6.20. The Bertz CT molecular complexity index is 620. The molecule has 1 unspecified atom stereocenters. The monoisotopic (exact) mass is 322 g/mol. The first-order valence-electron chi connectivity index (χ1n) is 7.86. The molecule has 0 saturated heterocycles. The Morgan fingerprint density at radius 1 is 1.14 bits per heavy atom. The summed E-state index contributed by atoms with van der Waals surface area (Å²) in [6, 6.07) is 9.37.